The summed E-state index contributed by atoms with van der Waals surface area (Å²) in [5.41, 5.74) is 1.30. The van der Waals surface area contributed by atoms with E-state index in [1.165, 1.54) is 5.56 Å². The van der Waals surface area contributed by atoms with Gasteiger partial charge in [0, 0.05) is 45.9 Å². The number of piperidine rings is 1. The van der Waals surface area contributed by atoms with Crippen LogP contribution in [0, 0.1) is 0 Å². The molecule has 0 saturated carbocycles. The zero-order valence-corrected chi connectivity index (χ0v) is 18.9. The third-order valence-electron chi connectivity index (χ3n) is 5.97. The molecule has 1 atom stereocenters. The lowest BCUT2D eigenvalue weighted by Crippen LogP contribution is -2.40. The smallest absolute Gasteiger partial charge is 0.191 e. The molecule has 168 valence electrons. The molecule has 3 rings (SSSR count). The fourth-order valence-corrected chi connectivity index (χ4v) is 4.15. The molecule has 1 aromatic rings. The van der Waals surface area contributed by atoms with Gasteiger partial charge in [0.1, 0.15) is 0 Å². The third-order valence-corrected chi connectivity index (χ3v) is 5.97. The number of ether oxygens (including phenoxy) is 2. The Hall–Kier alpha value is -1.63. The summed E-state index contributed by atoms with van der Waals surface area (Å²) >= 11 is 0. The SMILES string of the molecule is CCNC(=NCC1(C)CCCO1)NCCCOC1CCN(Cc2ccccc2)CC1. The van der Waals surface area contributed by atoms with Gasteiger partial charge in [-0.25, -0.2) is 0 Å². The molecule has 1 unspecified atom stereocenters. The molecule has 6 nitrogen and oxygen atoms in total. The fraction of sp³-hybridized carbons (Fsp3) is 0.708. The maximum Gasteiger partial charge on any atom is 0.191 e. The van der Waals surface area contributed by atoms with E-state index in [4.69, 9.17) is 14.5 Å². The van der Waals surface area contributed by atoms with Gasteiger partial charge < -0.3 is 20.1 Å². The Morgan fingerprint density at radius 2 is 2.03 bits per heavy atom. The Balaban J connectivity index is 1.27. The van der Waals surface area contributed by atoms with Crippen molar-refractivity contribution in [1.29, 1.82) is 0 Å². The van der Waals surface area contributed by atoms with Crippen LogP contribution < -0.4 is 10.6 Å². The van der Waals surface area contributed by atoms with E-state index in [0.29, 0.717) is 12.6 Å². The standard InChI is InChI=1S/C24H40N4O2/c1-3-25-23(27-20-24(2)13-7-18-30-24)26-14-8-17-29-22-11-15-28(16-12-22)19-21-9-5-4-6-10-21/h4-6,9-10,22H,3,7-8,11-20H2,1-2H3,(H2,25,26,27). The Bertz CT molecular complexity index is 623. The number of benzene rings is 1. The lowest BCUT2D eigenvalue weighted by Gasteiger charge is -2.32. The molecule has 30 heavy (non-hydrogen) atoms. The number of guanidine groups is 1. The summed E-state index contributed by atoms with van der Waals surface area (Å²) < 4.78 is 12.0. The van der Waals surface area contributed by atoms with E-state index in [1.54, 1.807) is 0 Å². The Kier molecular flexibility index (Phi) is 9.43. The molecule has 2 N–H and O–H groups in total. The first-order valence-electron chi connectivity index (χ1n) is 11.7. The van der Waals surface area contributed by atoms with Crippen LogP contribution in [0.15, 0.2) is 35.3 Å². The number of nitrogens with zero attached hydrogens (tertiary/aromatic N) is 2. The average Bonchev–Trinajstić information content (AvgIpc) is 3.20. The van der Waals surface area contributed by atoms with E-state index in [2.05, 4.69) is 59.7 Å². The van der Waals surface area contributed by atoms with Gasteiger partial charge in [-0.15, -0.1) is 0 Å². The number of rotatable bonds is 10. The van der Waals surface area contributed by atoms with Crippen LogP contribution in [0.2, 0.25) is 0 Å². The highest BCUT2D eigenvalue weighted by Gasteiger charge is 2.29. The van der Waals surface area contributed by atoms with Gasteiger partial charge in [0.15, 0.2) is 5.96 Å². The van der Waals surface area contributed by atoms with Crippen LogP contribution in [0.5, 0.6) is 0 Å². The first-order chi connectivity index (χ1) is 14.7. The summed E-state index contributed by atoms with van der Waals surface area (Å²) in [6, 6.07) is 10.7. The zero-order chi connectivity index (χ0) is 21.1. The molecular weight excluding hydrogens is 376 g/mol. The second-order valence-corrected chi connectivity index (χ2v) is 8.71. The second kappa shape index (κ2) is 12.3. The maximum absolute atomic E-state index is 6.13. The molecule has 0 bridgehead atoms. The van der Waals surface area contributed by atoms with Crippen LogP contribution >= 0.6 is 0 Å². The number of nitrogens with one attached hydrogen (secondary N) is 2. The maximum atomic E-state index is 6.13. The highest BCUT2D eigenvalue weighted by atomic mass is 16.5. The number of hydrogen-bond acceptors (Lipinski definition) is 4. The number of likely N-dealkylation sites (tertiary alicyclic amines) is 1. The van der Waals surface area contributed by atoms with Gasteiger partial charge in [0.05, 0.1) is 18.2 Å². The molecule has 2 heterocycles. The quantitative estimate of drug-likeness (QED) is 0.349. The second-order valence-electron chi connectivity index (χ2n) is 8.71. The van der Waals surface area contributed by atoms with E-state index < -0.39 is 0 Å². The van der Waals surface area contributed by atoms with Gasteiger partial charge in [-0.3, -0.25) is 9.89 Å². The van der Waals surface area contributed by atoms with Crippen molar-refractivity contribution in [3.05, 3.63) is 35.9 Å². The number of hydrogen-bond donors (Lipinski definition) is 2. The van der Waals surface area contributed by atoms with Crippen molar-refractivity contribution < 1.29 is 9.47 Å². The van der Waals surface area contributed by atoms with Gasteiger partial charge in [-0.05, 0) is 51.5 Å². The molecule has 0 spiro atoms. The molecule has 0 radical (unpaired) electrons. The van der Waals surface area contributed by atoms with Crippen LogP contribution in [0.4, 0.5) is 0 Å². The molecule has 0 aromatic heterocycles. The first kappa shape index (κ1) is 23.0. The van der Waals surface area contributed by atoms with Crippen LogP contribution in [0.25, 0.3) is 0 Å². The van der Waals surface area contributed by atoms with Crippen molar-refractivity contribution >= 4 is 5.96 Å². The van der Waals surface area contributed by atoms with E-state index in [0.717, 1.165) is 84.0 Å². The molecule has 2 aliphatic rings. The van der Waals surface area contributed by atoms with Crippen molar-refractivity contribution in [3.63, 3.8) is 0 Å². The third kappa shape index (κ3) is 7.89. The monoisotopic (exact) mass is 416 g/mol. The van der Waals surface area contributed by atoms with E-state index in [1.807, 2.05) is 0 Å². The minimum atomic E-state index is -0.0964. The molecule has 6 heteroatoms. The van der Waals surface area contributed by atoms with Crippen molar-refractivity contribution in [2.24, 2.45) is 4.99 Å². The van der Waals surface area contributed by atoms with Gasteiger partial charge in [-0.1, -0.05) is 30.3 Å². The molecule has 2 aliphatic heterocycles. The summed E-state index contributed by atoms with van der Waals surface area (Å²) in [5.74, 6) is 0.878. The molecular formula is C24H40N4O2. The summed E-state index contributed by atoms with van der Waals surface area (Å²) in [7, 11) is 0. The molecule has 0 amide bonds. The Labute approximate surface area is 182 Å². The highest BCUT2D eigenvalue weighted by Crippen LogP contribution is 2.25. The molecule has 2 saturated heterocycles. The predicted molar refractivity (Wildman–Crippen MR) is 123 cm³/mol. The van der Waals surface area contributed by atoms with Gasteiger partial charge >= 0.3 is 0 Å². The topological polar surface area (TPSA) is 58.1 Å². The minimum absolute atomic E-state index is 0.0964. The van der Waals surface area contributed by atoms with Crippen molar-refractivity contribution in [3.8, 4) is 0 Å². The number of aliphatic imine (C=N–C) groups is 1. The molecule has 1 aromatic carbocycles. The molecule has 2 fully saturated rings. The largest absolute Gasteiger partial charge is 0.378 e. The van der Waals surface area contributed by atoms with Crippen LogP contribution in [0.3, 0.4) is 0 Å². The summed E-state index contributed by atoms with van der Waals surface area (Å²) in [4.78, 5) is 7.25. The fourth-order valence-electron chi connectivity index (χ4n) is 4.15. The van der Waals surface area contributed by atoms with Crippen LogP contribution in [-0.4, -0.2) is 68.5 Å². The predicted octanol–water partition coefficient (Wildman–Crippen LogP) is 3.18. The lowest BCUT2D eigenvalue weighted by atomic mass is 10.0. The summed E-state index contributed by atoms with van der Waals surface area (Å²) in [5, 5.41) is 6.75. The summed E-state index contributed by atoms with van der Waals surface area (Å²) in [6.07, 6.45) is 5.87. The lowest BCUT2D eigenvalue weighted by molar-refractivity contribution is 0.00532. The van der Waals surface area contributed by atoms with E-state index in [9.17, 15) is 0 Å². The Morgan fingerprint density at radius 1 is 1.23 bits per heavy atom. The summed E-state index contributed by atoms with van der Waals surface area (Å²) in [6.45, 7) is 11.7. The highest BCUT2D eigenvalue weighted by molar-refractivity contribution is 5.79. The van der Waals surface area contributed by atoms with Crippen LogP contribution in [-0.2, 0) is 16.0 Å². The van der Waals surface area contributed by atoms with Crippen molar-refractivity contribution in [1.82, 2.24) is 15.5 Å². The molecule has 0 aliphatic carbocycles. The van der Waals surface area contributed by atoms with Crippen molar-refractivity contribution in [2.45, 2.75) is 64.2 Å². The Morgan fingerprint density at radius 3 is 2.73 bits per heavy atom. The van der Waals surface area contributed by atoms with Crippen LogP contribution in [0.1, 0.15) is 51.5 Å². The van der Waals surface area contributed by atoms with Crippen molar-refractivity contribution in [2.75, 3.05) is 45.9 Å². The van der Waals surface area contributed by atoms with E-state index >= 15 is 0 Å². The zero-order valence-electron chi connectivity index (χ0n) is 18.9. The minimum Gasteiger partial charge on any atom is -0.378 e. The first-order valence-corrected chi connectivity index (χ1v) is 11.7. The average molecular weight is 417 g/mol. The van der Waals surface area contributed by atoms with Gasteiger partial charge in [0.2, 0.25) is 0 Å². The van der Waals surface area contributed by atoms with Gasteiger partial charge in [-0.2, -0.15) is 0 Å². The van der Waals surface area contributed by atoms with Gasteiger partial charge in [0.25, 0.3) is 0 Å². The van der Waals surface area contributed by atoms with E-state index in [-0.39, 0.29) is 5.60 Å². The normalized spacial score (nSPS) is 23.6.